The lowest BCUT2D eigenvalue weighted by molar-refractivity contribution is -0.141. The third kappa shape index (κ3) is 5.83. The zero-order chi connectivity index (χ0) is 22.4. The molecule has 3 heterocycles. The summed E-state index contributed by atoms with van der Waals surface area (Å²) in [5.74, 6) is 0.379. The number of alkyl halides is 3. The summed E-state index contributed by atoms with van der Waals surface area (Å²) >= 11 is 0. The van der Waals surface area contributed by atoms with Crippen molar-refractivity contribution >= 4 is 23.5 Å². The summed E-state index contributed by atoms with van der Waals surface area (Å²) in [5.41, 5.74) is -0.258. The number of amides is 1. The molecule has 0 unspecified atom stereocenters. The van der Waals surface area contributed by atoms with Gasteiger partial charge in [-0.1, -0.05) is 0 Å². The van der Waals surface area contributed by atoms with E-state index in [1.54, 1.807) is 29.0 Å². The predicted octanol–water partition coefficient (Wildman–Crippen LogP) is 0.955. The van der Waals surface area contributed by atoms with E-state index in [0.29, 0.717) is 25.6 Å². The zero-order valence-electron chi connectivity index (χ0n) is 17.2. The monoisotopic (exact) mass is 439 g/mol. The van der Waals surface area contributed by atoms with Crippen molar-refractivity contribution in [3.8, 4) is 0 Å². The van der Waals surface area contributed by atoms with Crippen LogP contribution in [-0.2, 0) is 18.0 Å². The molecule has 0 aromatic carbocycles. The Bertz CT molecular complexity index is 928. The van der Waals surface area contributed by atoms with E-state index in [2.05, 4.69) is 30.7 Å². The van der Waals surface area contributed by atoms with E-state index >= 15 is 0 Å². The maximum absolute atomic E-state index is 12.7. The second-order valence-electron chi connectivity index (χ2n) is 6.76. The van der Waals surface area contributed by atoms with Crippen molar-refractivity contribution in [3.05, 3.63) is 30.4 Å². The van der Waals surface area contributed by atoms with E-state index in [0.717, 1.165) is 18.0 Å². The summed E-state index contributed by atoms with van der Waals surface area (Å²) in [4.78, 5) is 27.8. The molecule has 2 aromatic heterocycles. The van der Waals surface area contributed by atoms with Crippen LogP contribution in [-0.4, -0.2) is 75.8 Å². The molecule has 13 heteroatoms. The van der Waals surface area contributed by atoms with Gasteiger partial charge in [0, 0.05) is 45.6 Å². The van der Waals surface area contributed by atoms with Gasteiger partial charge in [0.1, 0.15) is 12.2 Å². The molecule has 3 rings (SSSR count). The topological polar surface area (TPSA) is 104 Å². The summed E-state index contributed by atoms with van der Waals surface area (Å²) in [6, 6.07) is 0.814. The quantitative estimate of drug-likeness (QED) is 0.393. The van der Waals surface area contributed by atoms with E-state index in [4.69, 9.17) is 0 Å². The molecule has 0 saturated carbocycles. The average molecular weight is 439 g/mol. The minimum atomic E-state index is -4.53. The maximum atomic E-state index is 12.7. The number of aromatic nitrogens is 4. The van der Waals surface area contributed by atoms with Crippen LogP contribution in [0.15, 0.2) is 29.6 Å². The fourth-order valence-corrected chi connectivity index (χ4v) is 3.03. The third-order valence-electron chi connectivity index (χ3n) is 4.46. The molecule has 168 valence electrons. The molecule has 2 N–H and O–H groups in total. The molecule has 1 saturated heterocycles. The van der Waals surface area contributed by atoms with Crippen molar-refractivity contribution in [1.29, 1.82) is 0 Å². The fraction of sp³-hybridized carbons (Fsp3) is 0.500. The van der Waals surface area contributed by atoms with Gasteiger partial charge in [0.2, 0.25) is 11.9 Å². The Balaban J connectivity index is 1.56. The summed E-state index contributed by atoms with van der Waals surface area (Å²) in [5, 5.41) is 9.97. The van der Waals surface area contributed by atoms with Gasteiger partial charge in [-0.05, 0) is 13.0 Å². The van der Waals surface area contributed by atoms with Crippen LogP contribution in [0, 0.1) is 0 Å². The van der Waals surface area contributed by atoms with Gasteiger partial charge in [-0.25, -0.2) is 9.97 Å². The number of nitrogens with zero attached hydrogens (tertiary/aromatic N) is 7. The largest absolute Gasteiger partial charge is 0.433 e. The summed E-state index contributed by atoms with van der Waals surface area (Å²) in [6.45, 7) is 4.25. The molecular weight excluding hydrogens is 415 g/mol. The number of hydrogen-bond donors (Lipinski definition) is 2. The number of guanidine groups is 1. The number of rotatable bonds is 6. The number of piperazine rings is 1. The minimum Gasteiger partial charge on any atom is -0.357 e. The number of carbonyl (C=O) groups excluding carboxylic acids is 1. The van der Waals surface area contributed by atoms with Crippen molar-refractivity contribution in [1.82, 2.24) is 30.0 Å². The highest BCUT2D eigenvalue weighted by Gasteiger charge is 2.32. The van der Waals surface area contributed by atoms with E-state index in [1.807, 2.05) is 11.8 Å². The molecular formula is C18H24F3N9O. The third-order valence-corrected chi connectivity index (χ3v) is 4.46. The molecule has 31 heavy (non-hydrogen) atoms. The van der Waals surface area contributed by atoms with Crippen LogP contribution in [0.2, 0.25) is 0 Å². The van der Waals surface area contributed by atoms with Gasteiger partial charge in [0.15, 0.2) is 5.96 Å². The lowest BCUT2D eigenvalue weighted by atomic mass is 10.3. The Morgan fingerprint density at radius 2 is 2.13 bits per heavy atom. The van der Waals surface area contributed by atoms with Crippen molar-refractivity contribution in [2.75, 3.05) is 49.5 Å². The molecule has 1 aliphatic rings. The Hall–Kier alpha value is -3.38. The van der Waals surface area contributed by atoms with Crippen molar-refractivity contribution < 1.29 is 18.0 Å². The van der Waals surface area contributed by atoms with Crippen LogP contribution in [0.5, 0.6) is 0 Å². The molecule has 0 aliphatic carbocycles. The van der Waals surface area contributed by atoms with Gasteiger partial charge in [0.25, 0.3) is 0 Å². The first kappa shape index (κ1) is 22.3. The van der Waals surface area contributed by atoms with Crippen LogP contribution < -0.4 is 15.5 Å². The highest BCUT2D eigenvalue weighted by atomic mass is 19.4. The molecule has 1 amide bonds. The number of halogens is 3. The number of hydrogen-bond acceptors (Lipinski definition) is 6. The van der Waals surface area contributed by atoms with Crippen LogP contribution in [0.25, 0.3) is 0 Å². The number of aryl methyl sites for hydroxylation is 1. The van der Waals surface area contributed by atoms with Gasteiger partial charge >= 0.3 is 6.18 Å². The maximum Gasteiger partial charge on any atom is 0.433 e. The molecule has 1 aliphatic heterocycles. The molecule has 0 radical (unpaired) electrons. The molecule has 2 aromatic rings. The Morgan fingerprint density at radius 1 is 1.32 bits per heavy atom. The SMILES string of the molecule is CCNC(=NCCNc1nccc(C(F)(F)F)n1)N1CCN(c2cnn(C)c2)C(=O)C1. The molecule has 1 fully saturated rings. The van der Waals surface area contributed by atoms with Crippen molar-refractivity contribution in [2.45, 2.75) is 13.1 Å². The van der Waals surface area contributed by atoms with Gasteiger partial charge in [-0.2, -0.15) is 18.3 Å². The van der Waals surface area contributed by atoms with Gasteiger partial charge in [0.05, 0.1) is 18.4 Å². The van der Waals surface area contributed by atoms with Crippen molar-refractivity contribution in [2.24, 2.45) is 12.0 Å². The Labute approximate surface area is 177 Å². The Kier molecular flexibility index (Phi) is 6.92. The molecule has 0 spiro atoms. The van der Waals surface area contributed by atoms with Crippen molar-refractivity contribution in [3.63, 3.8) is 0 Å². The average Bonchev–Trinajstić information content (AvgIpc) is 3.16. The lowest BCUT2D eigenvalue weighted by Gasteiger charge is -2.35. The number of anilines is 2. The zero-order valence-corrected chi connectivity index (χ0v) is 17.2. The number of nitrogens with one attached hydrogen (secondary N) is 2. The van der Waals surface area contributed by atoms with Gasteiger partial charge < -0.3 is 20.4 Å². The standard InChI is InChI=1S/C18H24F3N9O/c1-3-22-17(25-7-6-24-16-23-5-4-14(27-16)18(19,20)21)29-8-9-30(15(31)12-29)13-10-26-28(2)11-13/h4-5,10-11H,3,6-9,12H2,1-2H3,(H,22,25)(H,23,24,27). The van der Waals surface area contributed by atoms with E-state index in [9.17, 15) is 18.0 Å². The first-order valence-electron chi connectivity index (χ1n) is 9.74. The smallest absolute Gasteiger partial charge is 0.357 e. The van der Waals surface area contributed by atoms with Crippen LogP contribution in [0.1, 0.15) is 12.6 Å². The predicted molar refractivity (Wildman–Crippen MR) is 109 cm³/mol. The van der Waals surface area contributed by atoms with Crippen LogP contribution in [0.4, 0.5) is 24.8 Å². The molecule has 10 nitrogen and oxygen atoms in total. The fourth-order valence-electron chi connectivity index (χ4n) is 3.03. The normalized spacial score (nSPS) is 15.4. The number of carbonyl (C=O) groups is 1. The van der Waals surface area contributed by atoms with E-state index in [-0.39, 0.29) is 31.5 Å². The summed E-state index contributed by atoms with van der Waals surface area (Å²) < 4.78 is 39.8. The van der Waals surface area contributed by atoms with Crippen LogP contribution in [0.3, 0.4) is 0 Å². The molecule has 0 bridgehead atoms. The molecule has 0 atom stereocenters. The van der Waals surface area contributed by atoms with E-state index in [1.165, 1.54) is 0 Å². The lowest BCUT2D eigenvalue weighted by Crippen LogP contribution is -2.55. The highest BCUT2D eigenvalue weighted by Crippen LogP contribution is 2.27. The first-order valence-corrected chi connectivity index (χ1v) is 9.74. The van der Waals surface area contributed by atoms with Gasteiger partial charge in [-0.15, -0.1) is 0 Å². The second kappa shape index (κ2) is 9.62. The second-order valence-corrected chi connectivity index (χ2v) is 6.76. The van der Waals surface area contributed by atoms with Crippen LogP contribution >= 0.6 is 0 Å². The minimum absolute atomic E-state index is 0.0691. The van der Waals surface area contributed by atoms with E-state index < -0.39 is 11.9 Å². The Morgan fingerprint density at radius 3 is 2.77 bits per heavy atom. The summed E-state index contributed by atoms with van der Waals surface area (Å²) in [6.07, 6.45) is -0.0399. The highest BCUT2D eigenvalue weighted by molar-refractivity contribution is 5.98. The number of aliphatic imine (C=N–C) groups is 1. The first-order chi connectivity index (χ1) is 14.8. The van der Waals surface area contributed by atoms with Gasteiger partial charge in [-0.3, -0.25) is 14.5 Å². The summed E-state index contributed by atoms with van der Waals surface area (Å²) in [7, 11) is 1.79.